The fourth-order valence-electron chi connectivity index (χ4n) is 1.82. The Bertz CT molecular complexity index is 293. The molecule has 1 atom stereocenters. The van der Waals surface area contributed by atoms with E-state index >= 15 is 0 Å². The van der Waals surface area contributed by atoms with Crippen molar-refractivity contribution in [2.24, 2.45) is 0 Å². The summed E-state index contributed by atoms with van der Waals surface area (Å²) in [5.74, 6) is 1.55. The molecule has 5 heteroatoms. The second-order valence-electron chi connectivity index (χ2n) is 3.90. The standard InChI is InChI=1S/C10H18N4O/c1-11-7-5-9-13-10(14-15-9)8-4-2-3-6-12-8/h8,11-12H,2-7H2,1H3. The molecular weight excluding hydrogens is 192 g/mol. The molecule has 0 radical (unpaired) electrons. The van der Waals surface area contributed by atoms with E-state index in [1.54, 1.807) is 0 Å². The van der Waals surface area contributed by atoms with Crippen molar-refractivity contribution in [2.75, 3.05) is 20.1 Å². The van der Waals surface area contributed by atoms with Crippen molar-refractivity contribution in [3.8, 4) is 0 Å². The van der Waals surface area contributed by atoms with Gasteiger partial charge in [-0.1, -0.05) is 11.6 Å². The average molecular weight is 210 g/mol. The summed E-state index contributed by atoms with van der Waals surface area (Å²) in [6.45, 7) is 1.94. The van der Waals surface area contributed by atoms with Gasteiger partial charge < -0.3 is 15.2 Å². The highest BCUT2D eigenvalue weighted by atomic mass is 16.5. The molecule has 1 saturated heterocycles. The molecule has 1 unspecified atom stereocenters. The minimum Gasteiger partial charge on any atom is -0.339 e. The summed E-state index contributed by atoms with van der Waals surface area (Å²) in [4.78, 5) is 4.39. The molecular formula is C10H18N4O. The molecule has 84 valence electrons. The van der Waals surface area contributed by atoms with Crippen LogP contribution < -0.4 is 10.6 Å². The number of piperidine rings is 1. The molecule has 1 aliphatic heterocycles. The zero-order valence-electron chi connectivity index (χ0n) is 9.12. The van der Waals surface area contributed by atoms with Crippen LogP contribution in [0.5, 0.6) is 0 Å². The molecule has 0 bridgehead atoms. The van der Waals surface area contributed by atoms with Crippen LogP contribution in [0.2, 0.25) is 0 Å². The molecule has 1 aromatic heterocycles. The van der Waals surface area contributed by atoms with Crippen LogP contribution in [0.25, 0.3) is 0 Å². The monoisotopic (exact) mass is 210 g/mol. The number of nitrogens with zero attached hydrogens (tertiary/aromatic N) is 2. The van der Waals surface area contributed by atoms with Gasteiger partial charge in [0.25, 0.3) is 0 Å². The van der Waals surface area contributed by atoms with E-state index in [0.717, 1.165) is 37.6 Å². The molecule has 0 aliphatic carbocycles. The SMILES string of the molecule is CNCCc1nc(C2CCCCN2)no1. The predicted molar refractivity (Wildman–Crippen MR) is 56.5 cm³/mol. The summed E-state index contributed by atoms with van der Waals surface area (Å²) < 4.78 is 5.18. The van der Waals surface area contributed by atoms with E-state index in [4.69, 9.17) is 4.52 Å². The maximum atomic E-state index is 5.18. The van der Waals surface area contributed by atoms with E-state index in [9.17, 15) is 0 Å². The second kappa shape index (κ2) is 5.23. The summed E-state index contributed by atoms with van der Waals surface area (Å²) in [5.41, 5.74) is 0. The van der Waals surface area contributed by atoms with Gasteiger partial charge in [0.15, 0.2) is 5.82 Å². The number of nitrogens with one attached hydrogen (secondary N) is 2. The number of aromatic nitrogens is 2. The van der Waals surface area contributed by atoms with Crippen molar-refractivity contribution < 1.29 is 4.52 Å². The second-order valence-corrected chi connectivity index (χ2v) is 3.90. The first-order valence-electron chi connectivity index (χ1n) is 5.60. The first-order valence-corrected chi connectivity index (χ1v) is 5.60. The molecule has 1 fully saturated rings. The number of hydrogen-bond acceptors (Lipinski definition) is 5. The van der Waals surface area contributed by atoms with Gasteiger partial charge in [0.1, 0.15) is 0 Å². The fraction of sp³-hybridized carbons (Fsp3) is 0.800. The lowest BCUT2D eigenvalue weighted by molar-refractivity contribution is 0.348. The molecule has 0 spiro atoms. The largest absolute Gasteiger partial charge is 0.339 e. The van der Waals surface area contributed by atoms with Gasteiger partial charge in [-0.05, 0) is 26.4 Å². The van der Waals surface area contributed by atoms with Gasteiger partial charge in [-0.15, -0.1) is 0 Å². The summed E-state index contributed by atoms with van der Waals surface area (Å²) in [7, 11) is 1.92. The predicted octanol–water partition coefficient (Wildman–Crippen LogP) is 0.646. The molecule has 15 heavy (non-hydrogen) atoms. The lowest BCUT2D eigenvalue weighted by Crippen LogP contribution is -2.27. The van der Waals surface area contributed by atoms with Crippen LogP contribution in [0.3, 0.4) is 0 Å². The van der Waals surface area contributed by atoms with E-state index in [-0.39, 0.29) is 0 Å². The Morgan fingerprint density at radius 3 is 3.20 bits per heavy atom. The molecule has 1 aliphatic rings. The lowest BCUT2D eigenvalue weighted by Gasteiger charge is -2.19. The van der Waals surface area contributed by atoms with Gasteiger partial charge >= 0.3 is 0 Å². The number of likely N-dealkylation sites (N-methyl/N-ethyl adjacent to an activating group) is 1. The highest BCUT2D eigenvalue weighted by Crippen LogP contribution is 2.20. The quantitative estimate of drug-likeness (QED) is 0.764. The minimum atomic E-state index is 0.297. The molecule has 2 rings (SSSR count). The third-order valence-electron chi connectivity index (χ3n) is 2.69. The van der Waals surface area contributed by atoms with E-state index in [1.165, 1.54) is 12.8 Å². The smallest absolute Gasteiger partial charge is 0.227 e. The van der Waals surface area contributed by atoms with Gasteiger partial charge in [-0.3, -0.25) is 0 Å². The Morgan fingerprint density at radius 2 is 2.47 bits per heavy atom. The average Bonchev–Trinajstić information content (AvgIpc) is 2.76. The van der Waals surface area contributed by atoms with Crippen molar-refractivity contribution in [3.63, 3.8) is 0 Å². The Balaban J connectivity index is 1.93. The van der Waals surface area contributed by atoms with Gasteiger partial charge in [0, 0.05) is 13.0 Å². The van der Waals surface area contributed by atoms with Crippen LogP contribution in [0.4, 0.5) is 0 Å². The Hall–Kier alpha value is -0.940. The Morgan fingerprint density at radius 1 is 1.53 bits per heavy atom. The molecule has 2 N–H and O–H groups in total. The Labute approximate surface area is 89.6 Å². The van der Waals surface area contributed by atoms with Crippen LogP contribution in [-0.4, -0.2) is 30.3 Å². The first kappa shape index (κ1) is 10.6. The number of hydrogen-bond donors (Lipinski definition) is 2. The normalized spacial score (nSPS) is 21.8. The minimum absolute atomic E-state index is 0.297. The molecule has 2 heterocycles. The summed E-state index contributed by atoms with van der Waals surface area (Å²) in [6, 6.07) is 0.297. The van der Waals surface area contributed by atoms with Gasteiger partial charge in [0.05, 0.1) is 6.04 Å². The van der Waals surface area contributed by atoms with Crippen LogP contribution >= 0.6 is 0 Å². The molecule has 0 amide bonds. The topological polar surface area (TPSA) is 63.0 Å². The van der Waals surface area contributed by atoms with Crippen molar-refractivity contribution in [1.82, 2.24) is 20.8 Å². The highest BCUT2D eigenvalue weighted by molar-refractivity contribution is 4.95. The van der Waals surface area contributed by atoms with Crippen LogP contribution in [-0.2, 0) is 6.42 Å². The molecule has 1 aromatic rings. The molecule has 5 nitrogen and oxygen atoms in total. The summed E-state index contributed by atoms with van der Waals surface area (Å²) >= 11 is 0. The van der Waals surface area contributed by atoms with Crippen molar-refractivity contribution in [1.29, 1.82) is 0 Å². The van der Waals surface area contributed by atoms with E-state index in [1.807, 2.05) is 7.05 Å². The molecule has 0 saturated carbocycles. The maximum Gasteiger partial charge on any atom is 0.227 e. The summed E-state index contributed by atoms with van der Waals surface area (Å²) in [5, 5.41) is 10.5. The van der Waals surface area contributed by atoms with Crippen LogP contribution in [0.1, 0.15) is 37.0 Å². The van der Waals surface area contributed by atoms with Crippen LogP contribution in [0, 0.1) is 0 Å². The third kappa shape index (κ3) is 2.76. The Kier molecular flexibility index (Phi) is 3.69. The van der Waals surface area contributed by atoms with E-state index in [0.29, 0.717) is 6.04 Å². The zero-order chi connectivity index (χ0) is 10.5. The van der Waals surface area contributed by atoms with Gasteiger partial charge in [-0.25, -0.2) is 0 Å². The van der Waals surface area contributed by atoms with E-state index in [2.05, 4.69) is 20.8 Å². The lowest BCUT2D eigenvalue weighted by atomic mass is 10.0. The molecule has 0 aromatic carbocycles. The van der Waals surface area contributed by atoms with E-state index < -0.39 is 0 Å². The highest BCUT2D eigenvalue weighted by Gasteiger charge is 2.19. The number of rotatable bonds is 4. The van der Waals surface area contributed by atoms with Gasteiger partial charge in [-0.2, -0.15) is 4.98 Å². The summed E-state index contributed by atoms with van der Waals surface area (Å²) in [6.07, 6.45) is 4.42. The zero-order valence-corrected chi connectivity index (χ0v) is 9.12. The van der Waals surface area contributed by atoms with Crippen LogP contribution in [0.15, 0.2) is 4.52 Å². The first-order chi connectivity index (χ1) is 7.40. The van der Waals surface area contributed by atoms with Crippen molar-refractivity contribution >= 4 is 0 Å². The van der Waals surface area contributed by atoms with Crippen molar-refractivity contribution in [3.05, 3.63) is 11.7 Å². The third-order valence-corrected chi connectivity index (χ3v) is 2.69. The van der Waals surface area contributed by atoms with Crippen molar-refractivity contribution in [2.45, 2.75) is 31.7 Å². The van der Waals surface area contributed by atoms with Gasteiger partial charge in [0.2, 0.25) is 5.89 Å². The fourth-order valence-corrected chi connectivity index (χ4v) is 1.82. The maximum absolute atomic E-state index is 5.18.